The summed E-state index contributed by atoms with van der Waals surface area (Å²) in [5, 5.41) is 20.0. The second kappa shape index (κ2) is 3.28. The monoisotopic (exact) mass is 222 g/mol. The predicted octanol–water partition coefficient (Wildman–Crippen LogP) is 1.53. The van der Waals surface area contributed by atoms with Gasteiger partial charge in [-0.15, -0.1) is 0 Å². The standard InChI is InChI=1S/C12H14O4/c13-8-2-3-9-11(16-7-1-6-15-9)10(8)12(14)4-5-12/h2-3,13-14H,1,4-7H2. The van der Waals surface area contributed by atoms with E-state index in [4.69, 9.17) is 9.47 Å². The molecule has 3 rings (SSSR count). The fraction of sp³-hybridized carbons (Fsp3) is 0.500. The van der Waals surface area contributed by atoms with Crippen LogP contribution in [0.3, 0.4) is 0 Å². The summed E-state index contributed by atoms with van der Waals surface area (Å²) in [6.07, 6.45) is 2.15. The van der Waals surface area contributed by atoms with E-state index in [1.165, 1.54) is 0 Å². The first-order valence-electron chi connectivity index (χ1n) is 5.55. The first-order chi connectivity index (χ1) is 7.71. The van der Waals surface area contributed by atoms with E-state index in [1.807, 2.05) is 0 Å². The SMILES string of the molecule is Oc1ccc2c(c1C1(O)CC1)OCCCO2. The summed E-state index contributed by atoms with van der Waals surface area (Å²) in [5.41, 5.74) is -0.421. The lowest BCUT2D eigenvalue weighted by Crippen LogP contribution is -2.08. The number of benzene rings is 1. The third-order valence-electron chi connectivity index (χ3n) is 3.08. The molecule has 1 aliphatic carbocycles. The maximum Gasteiger partial charge on any atom is 0.170 e. The van der Waals surface area contributed by atoms with E-state index < -0.39 is 5.60 Å². The quantitative estimate of drug-likeness (QED) is 0.756. The Balaban J connectivity index is 2.14. The van der Waals surface area contributed by atoms with E-state index in [-0.39, 0.29) is 5.75 Å². The van der Waals surface area contributed by atoms with Gasteiger partial charge in [-0.3, -0.25) is 0 Å². The summed E-state index contributed by atoms with van der Waals surface area (Å²) >= 11 is 0. The van der Waals surface area contributed by atoms with E-state index in [1.54, 1.807) is 12.1 Å². The minimum atomic E-state index is -0.914. The van der Waals surface area contributed by atoms with Gasteiger partial charge in [0.25, 0.3) is 0 Å². The molecule has 0 saturated heterocycles. The zero-order valence-corrected chi connectivity index (χ0v) is 8.90. The van der Waals surface area contributed by atoms with Gasteiger partial charge in [-0.1, -0.05) is 0 Å². The molecule has 4 heteroatoms. The maximum atomic E-state index is 10.1. The number of hydrogen-bond acceptors (Lipinski definition) is 4. The number of fused-ring (bicyclic) bond motifs is 1. The molecule has 1 heterocycles. The van der Waals surface area contributed by atoms with Crippen LogP contribution in [0.1, 0.15) is 24.8 Å². The summed E-state index contributed by atoms with van der Waals surface area (Å²) in [4.78, 5) is 0. The molecule has 2 aliphatic rings. The number of phenolic OH excluding ortho intramolecular Hbond substituents is 1. The zero-order chi connectivity index (χ0) is 11.2. The molecule has 1 fully saturated rings. The molecule has 0 unspecified atom stereocenters. The Morgan fingerprint density at radius 1 is 1.12 bits per heavy atom. The summed E-state index contributed by atoms with van der Waals surface area (Å²) in [7, 11) is 0. The lowest BCUT2D eigenvalue weighted by atomic mass is 10.0. The van der Waals surface area contributed by atoms with Gasteiger partial charge in [0, 0.05) is 6.42 Å². The minimum absolute atomic E-state index is 0.0873. The smallest absolute Gasteiger partial charge is 0.170 e. The van der Waals surface area contributed by atoms with Gasteiger partial charge in [-0.2, -0.15) is 0 Å². The van der Waals surface area contributed by atoms with Crippen molar-refractivity contribution >= 4 is 0 Å². The van der Waals surface area contributed by atoms with Crippen molar-refractivity contribution in [1.29, 1.82) is 0 Å². The van der Waals surface area contributed by atoms with Gasteiger partial charge in [-0.25, -0.2) is 0 Å². The molecule has 0 bridgehead atoms. The Morgan fingerprint density at radius 2 is 1.88 bits per heavy atom. The molecule has 0 aromatic heterocycles. The highest BCUT2D eigenvalue weighted by Gasteiger charge is 2.47. The van der Waals surface area contributed by atoms with E-state index >= 15 is 0 Å². The van der Waals surface area contributed by atoms with E-state index in [2.05, 4.69) is 0 Å². The molecule has 0 amide bonds. The molecule has 0 spiro atoms. The van der Waals surface area contributed by atoms with E-state index in [9.17, 15) is 10.2 Å². The summed E-state index contributed by atoms with van der Waals surface area (Å²) < 4.78 is 11.1. The van der Waals surface area contributed by atoms with Gasteiger partial charge < -0.3 is 19.7 Å². The first-order valence-corrected chi connectivity index (χ1v) is 5.55. The zero-order valence-electron chi connectivity index (χ0n) is 8.90. The van der Waals surface area contributed by atoms with Crippen molar-refractivity contribution in [1.82, 2.24) is 0 Å². The Kier molecular flexibility index (Phi) is 2.01. The van der Waals surface area contributed by atoms with Crippen molar-refractivity contribution in [2.75, 3.05) is 13.2 Å². The highest BCUT2D eigenvalue weighted by Crippen LogP contribution is 2.54. The lowest BCUT2D eigenvalue weighted by molar-refractivity contribution is 0.142. The molecule has 4 nitrogen and oxygen atoms in total. The molecule has 1 aromatic carbocycles. The van der Waals surface area contributed by atoms with Crippen LogP contribution in [0.4, 0.5) is 0 Å². The molecular weight excluding hydrogens is 208 g/mol. The molecule has 0 radical (unpaired) electrons. The number of hydrogen-bond donors (Lipinski definition) is 2. The maximum absolute atomic E-state index is 10.1. The highest BCUT2D eigenvalue weighted by atomic mass is 16.5. The third-order valence-corrected chi connectivity index (χ3v) is 3.08. The van der Waals surface area contributed by atoms with Gasteiger partial charge in [-0.05, 0) is 25.0 Å². The van der Waals surface area contributed by atoms with Gasteiger partial charge in [0.05, 0.1) is 24.4 Å². The third kappa shape index (κ3) is 1.41. The van der Waals surface area contributed by atoms with Gasteiger partial charge in [0.1, 0.15) is 5.75 Å². The van der Waals surface area contributed by atoms with Crippen LogP contribution in [0.25, 0.3) is 0 Å². The molecule has 86 valence electrons. The summed E-state index contributed by atoms with van der Waals surface area (Å²) in [6.45, 7) is 1.16. The van der Waals surface area contributed by atoms with Crippen molar-refractivity contribution in [3.05, 3.63) is 17.7 Å². The van der Waals surface area contributed by atoms with Crippen LogP contribution in [-0.2, 0) is 5.60 Å². The van der Waals surface area contributed by atoms with Crippen molar-refractivity contribution < 1.29 is 19.7 Å². The van der Waals surface area contributed by atoms with Gasteiger partial charge >= 0.3 is 0 Å². The minimum Gasteiger partial charge on any atom is -0.507 e. The average Bonchev–Trinajstić information content (AvgIpc) is 3.02. The first kappa shape index (κ1) is 9.78. The van der Waals surface area contributed by atoms with Crippen LogP contribution in [0, 0.1) is 0 Å². The van der Waals surface area contributed by atoms with Crippen molar-refractivity contribution in [3.8, 4) is 17.2 Å². The fourth-order valence-corrected chi connectivity index (χ4v) is 2.04. The number of rotatable bonds is 1. The number of aliphatic hydroxyl groups is 1. The summed E-state index contributed by atoms with van der Waals surface area (Å²) in [6, 6.07) is 3.24. The molecule has 2 N–H and O–H groups in total. The van der Waals surface area contributed by atoms with Crippen LogP contribution >= 0.6 is 0 Å². The molecule has 1 saturated carbocycles. The molecular formula is C12H14O4. The lowest BCUT2D eigenvalue weighted by Gasteiger charge is -2.17. The Bertz CT molecular complexity index is 423. The second-order valence-corrected chi connectivity index (χ2v) is 4.37. The molecule has 1 aromatic rings. The predicted molar refractivity (Wildman–Crippen MR) is 56.8 cm³/mol. The van der Waals surface area contributed by atoms with Crippen molar-refractivity contribution in [2.45, 2.75) is 24.9 Å². The molecule has 1 aliphatic heterocycles. The topological polar surface area (TPSA) is 58.9 Å². The number of aromatic hydroxyl groups is 1. The molecule has 0 atom stereocenters. The van der Waals surface area contributed by atoms with E-state index in [0.29, 0.717) is 43.1 Å². The van der Waals surface area contributed by atoms with E-state index in [0.717, 1.165) is 6.42 Å². The van der Waals surface area contributed by atoms with Crippen LogP contribution in [-0.4, -0.2) is 23.4 Å². The van der Waals surface area contributed by atoms with Crippen molar-refractivity contribution in [3.63, 3.8) is 0 Å². The van der Waals surface area contributed by atoms with Crippen LogP contribution < -0.4 is 9.47 Å². The Morgan fingerprint density at radius 3 is 2.62 bits per heavy atom. The molecule has 16 heavy (non-hydrogen) atoms. The Labute approximate surface area is 93.4 Å². The van der Waals surface area contributed by atoms with Crippen molar-refractivity contribution in [2.24, 2.45) is 0 Å². The van der Waals surface area contributed by atoms with Gasteiger partial charge in [0.15, 0.2) is 11.5 Å². The second-order valence-electron chi connectivity index (χ2n) is 4.37. The number of ether oxygens (including phenoxy) is 2. The number of phenols is 1. The van der Waals surface area contributed by atoms with Gasteiger partial charge in [0.2, 0.25) is 0 Å². The average molecular weight is 222 g/mol. The fourth-order valence-electron chi connectivity index (χ4n) is 2.04. The van der Waals surface area contributed by atoms with Crippen LogP contribution in [0.2, 0.25) is 0 Å². The van der Waals surface area contributed by atoms with Crippen LogP contribution in [0.15, 0.2) is 12.1 Å². The van der Waals surface area contributed by atoms with Crippen LogP contribution in [0.5, 0.6) is 17.2 Å². The Hall–Kier alpha value is -1.42. The largest absolute Gasteiger partial charge is 0.507 e. The highest BCUT2D eigenvalue weighted by molar-refractivity contribution is 5.57. The normalized spacial score (nSPS) is 21.3. The summed E-state index contributed by atoms with van der Waals surface area (Å²) in [5.74, 6) is 1.22.